The number of nitrogens with two attached hydrogens (primary N) is 2. The number of hydrogen-bond acceptors (Lipinski definition) is 3. The summed E-state index contributed by atoms with van der Waals surface area (Å²) >= 11 is 5.92. The lowest BCUT2D eigenvalue weighted by atomic mass is 9.87. The van der Waals surface area contributed by atoms with E-state index < -0.39 is 5.91 Å². The van der Waals surface area contributed by atoms with Gasteiger partial charge < -0.3 is 16.8 Å². The van der Waals surface area contributed by atoms with E-state index in [0.717, 1.165) is 6.42 Å². The minimum atomic E-state index is -0.606. The van der Waals surface area contributed by atoms with Gasteiger partial charge in [0.15, 0.2) is 0 Å². The van der Waals surface area contributed by atoms with E-state index in [1.165, 1.54) is 12.1 Å². The molecule has 116 valence electrons. The van der Waals surface area contributed by atoms with Crippen LogP contribution in [0.15, 0.2) is 18.2 Å². The van der Waals surface area contributed by atoms with Gasteiger partial charge in [-0.2, -0.15) is 0 Å². The van der Waals surface area contributed by atoms with E-state index in [4.69, 9.17) is 23.1 Å². The van der Waals surface area contributed by atoms with Gasteiger partial charge in [-0.05, 0) is 30.0 Å². The lowest BCUT2D eigenvalue weighted by Gasteiger charge is -2.22. The summed E-state index contributed by atoms with van der Waals surface area (Å²) in [6, 6.07) is 4.36. The topological polar surface area (TPSA) is 98.2 Å². The zero-order valence-corrected chi connectivity index (χ0v) is 13.3. The van der Waals surface area contributed by atoms with E-state index in [1.54, 1.807) is 6.07 Å². The number of anilines is 1. The molecule has 0 aliphatic rings. The Balaban J connectivity index is 2.63. The number of rotatable bonds is 5. The Hall–Kier alpha value is -1.59. The molecule has 0 aromatic heterocycles. The molecule has 2 amide bonds. The maximum Gasteiger partial charge on any atom is 0.250 e. The van der Waals surface area contributed by atoms with E-state index >= 15 is 0 Å². The molecular weight excluding hydrogens is 290 g/mol. The van der Waals surface area contributed by atoms with Crippen molar-refractivity contribution in [3.8, 4) is 0 Å². The maximum atomic E-state index is 11.9. The van der Waals surface area contributed by atoms with Crippen molar-refractivity contribution in [2.45, 2.75) is 39.7 Å². The van der Waals surface area contributed by atoms with Crippen LogP contribution < -0.4 is 16.8 Å². The smallest absolute Gasteiger partial charge is 0.250 e. The standard InChI is InChI=1S/C15H22ClN3O2/c1-15(2,3)8-9(17)6-13(20)19-10-4-5-11(14(18)21)12(16)7-10/h4-5,7,9H,6,8,17H2,1-3H3,(H2,18,21)(H,19,20). The fourth-order valence-corrected chi connectivity index (χ4v) is 2.38. The predicted octanol–water partition coefficient (Wildman–Crippen LogP) is 2.53. The molecule has 0 fully saturated rings. The summed E-state index contributed by atoms with van der Waals surface area (Å²) in [4.78, 5) is 23.0. The first-order valence-electron chi connectivity index (χ1n) is 6.73. The number of carbonyl (C=O) groups is 2. The van der Waals surface area contributed by atoms with Gasteiger partial charge in [-0.15, -0.1) is 0 Å². The molecule has 0 radical (unpaired) electrons. The minimum absolute atomic E-state index is 0.0755. The third kappa shape index (κ3) is 6.14. The van der Waals surface area contributed by atoms with Crippen molar-refractivity contribution >= 4 is 29.1 Å². The minimum Gasteiger partial charge on any atom is -0.366 e. The lowest BCUT2D eigenvalue weighted by Crippen LogP contribution is -2.31. The van der Waals surface area contributed by atoms with Gasteiger partial charge in [-0.3, -0.25) is 9.59 Å². The van der Waals surface area contributed by atoms with Gasteiger partial charge in [-0.25, -0.2) is 0 Å². The summed E-state index contributed by atoms with van der Waals surface area (Å²) in [5.41, 5.74) is 11.9. The SMILES string of the molecule is CC(C)(C)CC(N)CC(=O)Nc1ccc(C(N)=O)c(Cl)c1. The van der Waals surface area contributed by atoms with Gasteiger partial charge in [0.2, 0.25) is 11.8 Å². The van der Waals surface area contributed by atoms with Crippen LogP contribution in [0, 0.1) is 5.41 Å². The number of carbonyl (C=O) groups excluding carboxylic acids is 2. The Morgan fingerprint density at radius 2 is 1.95 bits per heavy atom. The highest BCUT2D eigenvalue weighted by molar-refractivity contribution is 6.34. The third-order valence-corrected chi connectivity index (χ3v) is 3.15. The second kappa shape index (κ2) is 6.91. The molecule has 1 rings (SSSR count). The Morgan fingerprint density at radius 1 is 1.33 bits per heavy atom. The summed E-state index contributed by atoms with van der Waals surface area (Å²) in [6.07, 6.45) is 0.980. The van der Waals surface area contributed by atoms with Gasteiger partial charge in [0.25, 0.3) is 0 Å². The zero-order chi connectivity index (χ0) is 16.2. The molecule has 1 unspecified atom stereocenters. The van der Waals surface area contributed by atoms with Gasteiger partial charge in [-0.1, -0.05) is 32.4 Å². The van der Waals surface area contributed by atoms with Gasteiger partial charge >= 0.3 is 0 Å². The average Bonchev–Trinajstić information content (AvgIpc) is 2.24. The molecule has 1 atom stereocenters. The van der Waals surface area contributed by atoms with Crippen LogP contribution in [0.2, 0.25) is 5.02 Å². The van der Waals surface area contributed by atoms with Crippen molar-refractivity contribution in [1.82, 2.24) is 0 Å². The first-order chi connectivity index (χ1) is 9.58. The summed E-state index contributed by atoms with van der Waals surface area (Å²) in [7, 11) is 0. The second-order valence-corrected chi connectivity index (χ2v) is 6.74. The molecule has 0 aliphatic carbocycles. The van der Waals surface area contributed by atoms with E-state index in [0.29, 0.717) is 5.69 Å². The summed E-state index contributed by atoms with van der Waals surface area (Å²) in [5.74, 6) is -0.792. The number of halogens is 1. The van der Waals surface area contributed by atoms with Gasteiger partial charge in [0.1, 0.15) is 0 Å². The van der Waals surface area contributed by atoms with E-state index in [2.05, 4.69) is 26.1 Å². The van der Waals surface area contributed by atoms with E-state index in [1.807, 2.05) is 0 Å². The van der Waals surface area contributed by atoms with Gasteiger partial charge in [0.05, 0.1) is 10.6 Å². The van der Waals surface area contributed by atoms with E-state index in [9.17, 15) is 9.59 Å². The Bertz CT molecular complexity index is 538. The molecule has 5 nitrogen and oxygen atoms in total. The summed E-state index contributed by atoms with van der Waals surface area (Å²) in [5, 5.41) is 2.92. The Morgan fingerprint density at radius 3 is 2.43 bits per heavy atom. The predicted molar refractivity (Wildman–Crippen MR) is 85.3 cm³/mol. The monoisotopic (exact) mass is 311 g/mol. The van der Waals surface area contributed by atoms with Crippen LogP contribution in [0.5, 0.6) is 0 Å². The second-order valence-electron chi connectivity index (χ2n) is 6.34. The molecule has 0 heterocycles. The van der Waals surface area contributed by atoms with E-state index in [-0.39, 0.29) is 34.4 Å². The first-order valence-corrected chi connectivity index (χ1v) is 7.11. The largest absolute Gasteiger partial charge is 0.366 e. The highest BCUT2D eigenvalue weighted by Gasteiger charge is 2.18. The molecular formula is C15H22ClN3O2. The van der Waals surface area contributed by atoms with Gasteiger partial charge in [0, 0.05) is 18.2 Å². The average molecular weight is 312 g/mol. The normalized spacial score (nSPS) is 12.8. The zero-order valence-electron chi connectivity index (χ0n) is 12.6. The Kier molecular flexibility index (Phi) is 5.75. The molecule has 6 heteroatoms. The molecule has 0 spiro atoms. The highest BCUT2D eigenvalue weighted by Crippen LogP contribution is 2.23. The van der Waals surface area contributed by atoms with Crippen LogP contribution in [0.3, 0.4) is 0 Å². The van der Waals surface area contributed by atoms with Crippen molar-refractivity contribution < 1.29 is 9.59 Å². The van der Waals surface area contributed by atoms with Crippen LogP contribution in [0.4, 0.5) is 5.69 Å². The lowest BCUT2D eigenvalue weighted by molar-refractivity contribution is -0.116. The quantitative estimate of drug-likeness (QED) is 0.779. The molecule has 21 heavy (non-hydrogen) atoms. The van der Waals surface area contributed by atoms with Crippen molar-refractivity contribution in [2.75, 3.05) is 5.32 Å². The molecule has 0 aliphatic heterocycles. The summed E-state index contributed by atoms with van der Waals surface area (Å²) in [6.45, 7) is 6.23. The van der Waals surface area contributed by atoms with Crippen LogP contribution in [-0.4, -0.2) is 17.9 Å². The number of hydrogen-bond donors (Lipinski definition) is 3. The fourth-order valence-electron chi connectivity index (χ4n) is 2.10. The van der Waals surface area contributed by atoms with Crippen molar-refractivity contribution in [3.63, 3.8) is 0 Å². The molecule has 0 bridgehead atoms. The number of benzene rings is 1. The molecule has 5 N–H and O–H groups in total. The number of nitrogens with one attached hydrogen (secondary N) is 1. The van der Waals surface area contributed by atoms with Crippen LogP contribution >= 0.6 is 11.6 Å². The van der Waals surface area contributed by atoms with Crippen LogP contribution in [-0.2, 0) is 4.79 Å². The fraction of sp³-hybridized carbons (Fsp3) is 0.467. The van der Waals surface area contributed by atoms with Crippen LogP contribution in [0.25, 0.3) is 0 Å². The Labute approximate surface area is 130 Å². The first kappa shape index (κ1) is 17.5. The maximum absolute atomic E-state index is 11.9. The molecule has 1 aromatic carbocycles. The summed E-state index contributed by atoms with van der Waals surface area (Å²) < 4.78 is 0. The number of primary amides is 1. The highest BCUT2D eigenvalue weighted by atomic mass is 35.5. The third-order valence-electron chi connectivity index (χ3n) is 2.84. The van der Waals surface area contributed by atoms with Crippen LogP contribution in [0.1, 0.15) is 44.0 Å². The van der Waals surface area contributed by atoms with Crippen molar-refractivity contribution in [3.05, 3.63) is 28.8 Å². The molecule has 1 aromatic rings. The number of amides is 2. The molecule has 0 saturated carbocycles. The van der Waals surface area contributed by atoms with Crippen molar-refractivity contribution in [2.24, 2.45) is 16.9 Å². The molecule has 0 saturated heterocycles. The van der Waals surface area contributed by atoms with Crippen molar-refractivity contribution in [1.29, 1.82) is 0 Å².